The van der Waals surface area contributed by atoms with Gasteiger partial charge in [0.2, 0.25) is 0 Å². The third kappa shape index (κ3) is 4.65. The Balaban J connectivity index is 2.34. The van der Waals surface area contributed by atoms with Gasteiger partial charge in [-0.3, -0.25) is 4.72 Å². The highest BCUT2D eigenvalue weighted by atomic mass is 79.9. The van der Waals surface area contributed by atoms with Crippen molar-refractivity contribution in [3.05, 3.63) is 51.5 Å². The molecule has 0 amide bonds. The second kappa shape index (κ2) is 8.07. The fraction of sp³-hybridized carbons (Fsp3) is 0.188. The van der Waals surface area contributed by atoms with Crippen LogP contribution in [0, 0.1) is 0 Å². The molecular formula is C16H15BrClNO5S. The van der Waals surface area contributed by atoms with Gasteiger partial charge >= 0.3 is 5.97 Å². The van der Waals surface area contributed by atoms with Crippen LogP contribution in [-0.4, -0.2) is 28.1 Å². The van der Waals surface area contributed by atoms with Gasteiger partial charge in [0.15, 0.2) is 0 Å². The molecule has 0 saturated heterocycles. The summed E-state index contributed by atoms with van der Waals surface area (Å²) in [6, 6.07) is 8.81. The third-order valence-corrected chi connectivity index (χ3v) is 5.34. The third-order valence-electron chi connectivity index (χ3n) is 3.13. The quantitative estimate of drug-likeness (QED) is 0.673. The number of benzene rings is 2. The van der Waals surface area contributed by atoms with Crippen molar-refractivity contribution in [1.82, 2.24) is 0 Å². The molecule has 0 radical (unpaired) electrons. The number of hydrogen-bond acceptors (Lipinski definition) is 5. The number of methoxy groups -OCH3 is 1. The van der Waals surface area contributed by atoms with Gasteiger partial charge in [-0.25, -0.2) is 13.2 Å². The largest absolute Gasteiger partial charge is 0.495 e. The summed E-state index contributed by atoms with van der Waals surface area (Å²) < 4.78 is 38.2. The SMILES string of the molecule is CCOC(=O)c1ccc(NS(=O)(=O)c2cc(Br)ccc2OC)cc1Cl. The number of esters is 1. The molecule has 2 rings (SSSR count). The Hall–Kier alpha value is -1.77. The van der Waals surface area contributed by atoms with Gasteiger partial charge in [0.1, 0.15) is 10.6 Å². The first-order chi connectivity index (χ1) is 11.8. The lowest BCUT2D eigenvalue weighted by Crippen LogP contribution is -2.14. The Labute approximate surface area is 159 Å². The Kier molecular flexibility index (Phi) is 6.31. The standard InChI is InChI=1S/C16H15BrClNO5S/c1-3-24-16(20)12-6-5-11(9-13(12)18)19-25(21,22)15-8-10(17)4-7-14(15)23-2/h4-9,19H,3H2,1-2H3. The van der Waals surface area contributed by atoms with Crippen LogP contribution in [0.4, 0.5) is 5.69 Å². The molecule has 0 fully saturated rings. The summed E-state index contributed by atoms with van der Waals surface area (Å²) in [7, 11) is -2.54. The Bertz CT molecular complexity index is 901. The molecule has 25 heavy (non-hydrogen) atoms. The van der Waals surface area contributed by atoms with Gasteiger partial charge in [-0.15, -0.1) is 0 Å². The van der Waals surface area contributed by atoms with Gasteiger partial charge in [0, 0.05) is 4.47 Å². The van der Waals surface area contributed by atoms with E-state index in [1.165, 1.54) is 37.4 Å². The van der Waals surface area contributed by atoms with Gasteiger partial charge in [0.25, 0.3) is 10.0 Å². The lowest BCUT2D eigenvalue weighted by Gasteiger charge is -2.13. The summed E-state index contributed by atoms with van der Waals surface area (Å²) in [4.78, 5) is 11.7. The predicted molar refractivity (Wildman–Crippen MR) is 98.9 cm³/mol. The van der Waals surface area contributed by atoms with Gasteiger partial charge < -0.3 is 9.47 Å². The van der Waals surface area contributed by atoms with Crippen molar-refractivity contribution in [2.75, 3.05) is 18.4 Å². The zero-order chi connectivity index (χ0) is 18.6. The van der Waals surface area contributed by atoms with Crippen LogP contribution in [0.25, 0.3) is 0 Å². The number of rotatable bonds is 6. The van der Waals surface area contributed by atoms with Gasteiger partial charge in [-0.2, -0.15) is 0 Å². The molecule has 2 aromatic rings. The second-order valence-corrected chi connectivity index (χ2v) is 7.79. The molecule has 134 valence electrons. The fourth-order valence-electron chi connectivity index (χ4n) is 2.02. The van der Waals surface area contributed by atoms with E-state index in [2.05, 4.69) is 20.7 Å². The lowest BCUT2D eigenvalue weighted by molar-refractivity contribution is 0.0526. The first-order valence-corrected chi connectivity index (χ1v) is 9.77. The van der Waals surface area contributed by atoms with Gasteiger partial charge in [-0.05, 0) is 43.3 Å². The normalized spacial score (nSPS) is 11.0. The van der Waals surface area contributed by atoms with E-state index in [0.717, 1.165) is 0 Å². The molecule has 0 spiro atoms. The van der Waals surface area contributed by atoms with Crippen LogP contribution in [0.5, 0.6) is 5.75 Å². The molecule has 9 heteroatoms. The first-order valence-electron chi connectivity index (χ1n) is 7.11. The molecule has 0 atom stereocenters. The average Bonchev–Trinajstić information content (AvgIpc) is 2.54. The van der Waals surface area contributed by atoms with E-state index in [9.17, 15) is 13.2 Å². The molecule has 0 unspecified atom stereocenters. The van der Waals surface area contributed by atoms with Crippen LogP contribution < -0.4 is 9.46 Å². The van der Waals surface area contributed by atoms with E-state index in [4.69, 9.17) is 21.1 Å². The van der Waals surface area contributed by atoms with E-state index < -0.39 is 16.0 Å². The first kappa shape index (κ1) is 19.6. The number of sulfonamides is 1. The van der Waals surface area contributed by atoms with E-state index >= 15 is 0 Å². The van der Waals surface area contributed by atoms with E-state index in [0.29, 0.717) is 4.47 Å². The smallest absolute Gasteiger partial charge is 0.339 e. The van der Waals surface area contributed by atoms with Gasteiger partial charge in [-0.1, -0.05) is 27.5 Å². The summed E-state index contributed by atoms with van der Waals surface area (Å²) in [5.41, 5.74) is 0.367. The maximum Gasteiger partial charge on any atom is 0.339 e. The summed E-state index contributed by atoms with van der Waals surface area (Å²) in [5, 5.41) is 0.0832. The minimum Gasteiger partial charge on any atom is -0.495 e. The van der Waals surface area contributed by atoms with E-state index in [1.54, 1.807) is 13.0 Å². The van der Waals surface area contributed by atoms with E-state index in [-0.39, 0.29) is 33.5 Å². The van der Waals surface area contributed by atoms with Crippen molar-refractivity contribution in [2.45, 2.75) is 11.8 Å². The van der Waals surface area contributed by atoms with Crippen LogP contribution in [0.15, 0.2) is 45.8 Å². The summed E-state index contributed by atoms with van der Waals surface area (Å²) in [5.74, 6) is -0.375. The Morgan fingerprint density at radius 2 is 1.96 bits per heavy atom. The molecule has 0 aliphatic carbocycles. The van der Waals surface area contributed by atoms with Crippen LogP contribution in [0.1, 0.15) is 17.3 Å². The average molecular weight is 449 g/mol. The molecule has 6 nitrogen and oxygen atoms in total. The van der Waals surface area contributed by atoms with Crippen molar-refractivity contribution in [1.29, 1.82) is 0 Å². The van der Waals surface area contributed by atoms with E-state index in [1.807, 2.05) is 0 Å². The van der Waals surface area contributed by atoms with Gasteiger partial charge in [0.05, 0.1) is 30.0 Å². The number of carbonyl (C=O) groups excluding carboxylic acids is 1. The van der Waals surface area contributed by atoms with Crippen molar-refractivity contribution >= 4 is 49.2 Å². The predicted octanol–water partition coefficient (Wildman–Crippen LogP) is 4.09. The van der Waals surface area contributed by atoms with Crippen molar-refractivity contribution in [3.8, 4) is 5.75 Å². The van der Waals surface area contributed by atoms with Crippen molar-refractivity contribution in [2.24, 2.45) is 0 Å². The van der Waals surface area contributed by atoms with Crippen LogP contribution in [-0.2, 0) is 14.8 Å². The molecular weight excluding hydrogens is 434 g/mol. The molecule has 0 saturated carbocycles. The van der Waals surface area contributed by atoms with Crippen molar-refractivity contribution in [3.63, 3.8) is 0 Å². The summed E-state index contributed by atoms with van der Waals surface area (Å²) in [6.45, 7) is 1.89. The maximum absolute atomic E-state index is 12.6. The molecule has 0 aliphatic rings. The molecule has 0 bridgehead atoms. The number of halogens is 2. The number of hydrogen-bond donors (Lipinski definition) is 1. The number of nitrogens with one attached hydrogen (secondary N) is 1. The highest BCUT2D eigenvalue weighted by molar-refractivity contribution is 9.10. The maximum atomic E-state index is 12.6. The molecule has 2 aromatic carbocycles. The number of ether oxygens (including phenoxy) is 2. The van der Waals surface area contributed by atoms with Crippen LogP contribution in [0.2, 0.25) is 5.02 Å². The van der Waals surface area contributed by atoms with Crippen LogP contribution in [0.3, 0.4) is 0 Å². The molecule has 0 heterocycles. The number of carbonyl (C=O) groups is 1. The fourth-order valence-corrected chi connectivity index (χ4v) is 4.04. The lowest BCUT2D eigenvalue weighted by atomic mass is 10.2. The molecule has 1 N–H and O–H groups in total. The van der Waals surface area contributed by atoms with Crippen LogP contribution >= 0.6 is 27.5 Å². The summed E-state index contributed by atoms with van der Waals surface area (Å²) >= 11 is 9.29. The molecule has 0 aliphatic heterocycles. The molecule has 0 aromatic heterocycles. The Morgan fingerprint density at radius 1 is 1.24 bits per heavy atom. The second-order valence-electron chi connectivity index (χ2n) is 4.82. The topological polar surface area (TPSA) is 81.7 Å². The zero-order valence-corrected chi connectivity index (χ0v) is 16.5. The Morgan fingerprint density at radius 3 is 2.56 bits per heavy atom. The minimum atomic E-state index is -3.92. The highest BCUT2D eigenvalue weighted by Gasteiger charge is 2.21. The highest BCUT2D eigenvalue weighted by Crippen LogP contribution is 2.30. The summed E-state index contributed by atoms with van der Waals surface area (Å²) in [6.07, 6.45) is 0. The zero-order valence-electron chi connectivity index (χ0n) is 13.4. The monoisotopic (exact) mass is 447 g/mol. The van der Waals surface area contributed by atoms with Crippen molar-refractivity contribution < 1.29 is 22.7 Å². The number of anilines is 1. The minimum absolute atomic E-state index is 0.0324.